The number of nitrogens with one attached hydrogen (secondary N) is 1. The van der Waals surface area contributed by atoms with Crippen LogP contribution in [0.1, 0.15) is 38.1 Å². The number of thioether (sulfide) groups is 2. The second-order valence-corrected chi connectivity index (χ2v) is 8.76. The number of amides is 1. The van der Waals surface area contributed by atoms with E-state index in [1.54, 1.807) is 11.8 Å². The lowest BCUT2D eigenvalue weighted by atomic mass is 10.1. The van der Waals surface area contributed by atoms with Crippen LogP contribution in [-0.2, 0) is 4.79 Å². The van der Waals surface area contributed by atoms with Gasteiger partial charge in [0.1, 0.15) is 0 Å². The third-order valence-corrected chi connectivity index (χ3v) is 6.65. The van der Waals surface area contributed by atoms with E-state index in [4.69, 9.17) is 0 Å². The van der Waals surface area contributed by atoms with Gasteiger partial charge in [-0.3, -0.25) is 9.36 Å². The first kappa shape index (κ1) is 18.7. The fraction of sp³-hybridized carbons (Fsp3) is 0.526. The van der Waals surface area contributed by atoms with Crippen LogP contribution in [0.25, 0.3) is 0 Å². The van der Waals surface area contributed by atoms with E-state index in [2.05, 4.69) is 25.0 Å². The summed E-state index contributed by atoms with van der Waals surface area (Å²) in [6, 6.07) is 8.38. The molecule has 0 spiro atoms. The molecule has 144 valence electrons. The molecule has 1 aliphatic heterocycles. The van der Waals surface area contributed by atoms with Crippen molar-refractivity contribution in [2.45, 2.75) is 48.2 Å². The topological polar surface area (TPSA) is 63.1 Å². The minimum Gasteiger partial charge on any atom is -0.341 e. The van der Waals surface area contributed by atoms with E-state index >= 15 is 0 Å². The number of carbonyl (C=O) groups excluding carboxylic acids is 1. The number of benzene rings is 1. The molecule has 6 nitrogen and oxygen atoms in total. The molecule has 1 aromatic carbocycles. The predicted molar refractivity (Wildman–Crippen MR) is 112 cm³/mol. The van der Waals surface area contributed by atoms with Gasteiger partial charge in [-0.25, -0.2) is 0 Å². The highest BCUT2D eigenvalue weighted by atomic mass is 32.2. The van der Waals surface area contributed by atoms with Crippen LogP contribution in [0.15, 0.2) is 34.3 Å². The van der Waals surface area contributed by atoms with Gasteiger partial charge >= 0.3 is 0 Å². The molecule has 2 aromatic rings. The summed E-state index contributed by atoms with van der Waals surface area (Å²) < 4.78 is 2.26. The number of hydrogen-bond donors (Lipinski definition) is 1. The van der Waals surface area contributed by atoms with Gasteiger partial charge in [0.05, 0.1) is 11.4 Å². The second kappa shape index (κ2) is 8.56. The van der Waals surface area contributed by atoms with Crippen LogP contribution in [0.5, 0.6) is 0 Å². The Balaban J connectivity index is 1.42. The Morgan fingerprint density at radius 3 is 2.70 bits per heavy atom. The molecule has 4 rings (SSSR count). The molecule has 0 bridgehead atoms. The van der Waals surface area contributed by atoms with Crippen LogP contribution in [0.4, 0.5) is 11.6 Å². The Labute approximate surface area is 168 Å². The lowest BCUT2D eigenvalue weighted by Gasteiger charge is -2.27. The predicted octanol–water partition coefficient (Wildman–Crippen LogP) is 4.06. The maximum absolute atomic E-state index is 12.5. The number of aromatic nitrogens is 3. The van der Waals surface area contributed by atoms with Gasteiger partial charge in [0.25, 0.3) is 0 Å². The average molecular weight is 404 g/mol. The molecule has 1 amide bonds. The van der Waals surface area contributed by atoms with E-state index in [1.165, 1.54) is 43.9 Å². The lowest BCUT2D eigenvalue weighted by Crippen LogP contribution is -2.32. The van der Waals surface area contributed by atoms with Crippen LogP contribution < -0.4 is 10.2 Å². The van der Waals surface area contributed by atoms with E-state index in [-0.39, 0.29) is 5.91 Å². The summed E-state index contributed by atoms with van der Waals surface area (Å²) in [7, 11) is 0. The van der Waals surface area contributed by atoms with Crippen molar-refractivity contribution in [1.29, 1.82) is 0 Å². The first-order valence-corrected chi connectivity index (χ1v) is 11.7. The van der Waals surface area contributed by atoms with Crippen LogP contribution in [0, 0.1) is 0 Å². The normalized spacial score (nSPS) is 17.1. The van der Waals surface area contributed by atoms with Crippen molar-refractivity contribution < 1.29 is 4.79 Å². The quantitative estimate of drug-likeness (QED) is 0.704. The number of anilines is 2. The van der Waals surface area contributed by atoms with Crippen LogP contribution >= 0.6 is 23.5 Å². The summed E-state index contributed by atoms with van der Waals surface area (Å²) in [4.78, 5) is 15.9. The molecule has 0 unspecified atom stereocenters. The van der Waals surface area contributed by atoms with Crippen LogP contribution in [0.3, 0.4) is 0 Å². The summed E-state index contributed by atoms with van der Waals surface area (Å²) in [6.45, 7) is 2.11. The van der Waals surface area contributed by atoms with Gasteiger partial charge in [0.15, 0.2) is 5.16 Å². The summed E-state index contributed by atoms with van der Waals surface area (Å²) in [5.41, 5.74) is 0.869. The van der Waals surface area contributed by atoms with Crippen molar-refractivity contribution in [3.05, 3.63) is 24.3 Å². The van der Waals surface area contributed by atoms with Gasteiger partial charge in [0, 0.05) is 24.0 Å². The zero-order valence-electron chi connectivity index (χ0n) is 15.6. The summed E-state index contributed by atoms with van der Waals surface area (Å²) in [5, 5.41) is 12.8. The number of para-hydroxylation sites is 1. The monoisotopic (exact) mass is 403 g/mol. The summed E-state index contributed by atoms with van der Waals surface area (Å²) in [5.74, 6) is 1.33. The SMILES string of the molecule is CSc1ccccc1NC(=O)CSc1nnc(N2CCCCC2)n1C1CC1. The molecule has 27 heavy (non-hydrogen) atoms. The van der Waals surface area contributed by atoms with Crippen molar-refractivity contribution in [3.8, 4) is 0 Å². The fourth-order valence-corrected chi connectivity index (χ4v) is 4.75. The average Bonchev–Trinajstić information content (AvgIpc) is 3.46. The van der Waals surface area contributed by atoms with Gasteiger partial charge in [-0.15, -0.1) is 22.0 Å². The first-order chi connectivity index (χ1) is 13.3. The Kier molecular flexibility index (Phi) is 5.92. The number of hydrogen-bond acceptors (Lipinski definition) is 6. The van der Waals surface area contributed by atoms with E-state index in [9.17, 15) is 4.79 Å². The standard InChI is InChI=1S/C19H25N5OS2/c1-26-16-8-4-3-7-15(16)20-17(25)13-27-19-22-21-18(24(19)14-9-10-14)23-11-5-2-6-12-23/h3-4,7-8,14H,2,5-6,9-13H2,1H3,(H,20,25). The van der Waals surface area contributed by atoms with Gasteiger partial charge in [-0.1, -0.05) is 23.9 Å². The molecule has 2 aliphatic rings. The molecular weight excluding hydrogens is 378 g/mol. The molecular formula is C19H25N5OS2. The molecule has 8 heteroatoms. The highest BCUT2D eigenvalue weighted by Crippen LogP contribution is 2.41. The third kappa shape index (κ3) is 4.43. The van der Waals surface area contributed by atoms with E-state index < -0.39 is 0 Å². The lowest BCUT2D eigenvalue weighted by molar-refractivity contribution is -0.113. The minimum atomic E-state index is -0.00799. The molecule has 1 N–H and O–H groups in total. The van der Waals surface area contributed by atoms with Crippen molar-refractivity contribution >= 4 is 41.1 Å². The van der Waals surface area contributed by atoms with Gasteiger partial charge in [-0.2, -0.15) is 0 Å². The zero-order valence-corrected chi connectivity index (χ0v) is 17.2. The number of nitrogens with zero attached hydrogens (tertiary/aromatic N) is 4. The summed E-state index contributed by atoms with van der Waals surface area (Å²) >= 11 is 3.12. The van der Waals surface area contributed by atoms with Crippen molar-refractivity contribution in [2.24, 2.45) is 0 Å². The van der Waals surface area contributed by atoms with E-state index in [0.29, 0.717) is 11.8 Å². The van der Waals surface area contributed by atoms with E-state index in [1.807, 2.05) is 30.5 Å². The van der Waals surface area contributed by atoms with Gasteiger partial charge in [0.2, 0.25) is 11.9 Å². The zero-order chi connectivity index (χ0) is 18.6. The smallest absolute Gasteiger partial charge is 0.234 e. The van der Waals surface area contributed by atoms with Gasteiger partial charge < -0.3 is 10.2 Å². The molecule has 1 saturated heterocycles. The van der Waals surface area contributed by atoms with Crippen molar-refractivity contribution in [2.75, 3.05) is 35.3 Å². The van der Waals surface area contributed by atoms with Crippen molar-refractivity contribution in [1.82, 2.24) is 14.8 Å². The molecule has 0 atom stereocenters. The minimum absolute atomic E-state index is 0.00799. The Morgan fingerprint density at radius 1 is 1.19 bits per heavy atom. The van der Waals surface area contributed by atoms with Crippen LogP contribution in [0.2, 0.25) is 0 Å². The molecule has 2 fully saturated rings. The second-order valence-electron chi connectivity index (χ2n) is 6.97. The molecule has 2 heterocycles. The highest BCUT2D eigenvalue weighted by Gasteiger charge is 2.32. The Morgan fingerprint density at radius 2 is 1.96 bits per heavy atom. The maximum Gasteiger partial charge on any atom is 0.234 e. The number of carbonyl (C=O) groups is 1. The number of piperidine rings is 1. The molecule has 1 saturated carbocycles. The van der Waals surface area contributed by atoms with Crippen LogP contribution in [-0.4, -0.2) is 45.8 Å². The van der Waals surface area contributed by atoms with Crippen molar-refractivity contribution in [3.63, 3.8) is 0 Å². The highest BCUT2D eigenvalue weighted by molar-refractivity contribution is 7.99. The largest absolute Gasteiger partial charge is 0.341 e. The Bertz CT molecular complexity index is 799. The molecule has 1 aliphatic carbocycles. The summed E-state index contributed by atoms with van der Waals surface area (Å²) in [6.07, 6.45) is 8.11. The first-order valence-electron chi connectivity index (χ1n) is 9.52. The number of rotatable bonds is 7. The molecule has 1 aromatic heterocycles. The Hall–Kier alpha value is -1.67. The maximum atomic E-state index is 12.5. The fourth-order valence-electron chi connectivity index (χ4n) is 3.39. The molecule has 0 radical (unpaired) electrons. The van der Waals surface area contributed by atoms with E-state index in [0.717, 1.165) is 34.8 Å². The van der Waals surface area contributed by atoms with Gasteiger partial charge in [-0.05, 0) is 50.5 Å². The third-order valence-electron chi connectivity index (χ3n) is 4.91.